The van der Waals surface area contributed by atoms with Gasteiger partial charge in [-0.05, 0) is 25.8 Å². The van der Waals surface area contributed by atoms with Gasteiger partial charge in [-0.3, -0.25) is 9.36 Å². The molecule has 1 aliphatic rings. The molecule has 1 amide bonds. The van der Waals surface area contributed by atoms with E-state index >= 15 is 0 Å². The van der Waals surface area contributed by atoms with Gasteiger partial charge in [0.2, 0.25) is 5.91 Å². The molecule has 0 spiro atoms. The molecule has 1 N–H and O–H groups in total. The molecule has 3 aromatic heterocycles. The smallest absolute Gasteiger partial charge is 0.235 e. The number of rotatable bonds is 8. The molecule has 3 aromatic rings. The van der Waals surface area contributed by atoms with Crippen molar-refractivity contribution in [1.82, 2.24) is 24.5 Å². The second kappa shape index (κ2) is 8.69. The molecule has 0 saturated heterocycles. The van der Waals surface area contributed by atoms with E-state index in [0.717, 1.165) is 30.0 Å². The van der Waals surface area contributed by atoms with Gasteiger partial charge in [0.1, 0.15) is 11.6 Å². The van der Waals surface area contributed by atoms with Gasteiger partial charge in [0.15, 0.2) is 11.0 Å². The predicted octanol–water partition coefficient (Wildman–Crippen LogP) is 4.07. The maximum Gasteiger partial charge on any atom is 0.235 e. The summed E-state index contributed by atoms with van der Waals surface area (Å²) < 4.78 is 9.26. The Labute approximate surface area is 173 Å². The molecule has 1 saturated carbocycles. The van der Waals surface area contributed by atoms with Crippen LogP contribution in [0.25, 0.3) is 11.4 Å². The summed E-state index contributed by atoms with van der Waals surface area (Å²) in [7, 11) is 0. The Morgan fingerprint density at radius 1 is 1.38 bits per heavy atom. The van der Waals surface area contributed by atoms with Gasteiger partial charge in [-0.2, -0.15) is 5.10 Å². The van der Waals surface area contributed by atoms with Crippen molar-refractivity contribution in [2.24, 2.45) is 0 Å². The minimum atomic E-state index is -0.0936. The standard InChI is InChI=1S/C20H24N6O2S/c1-3-11-25-19(16-9-12-28-14(16)2)23-24-20(25)29-13-18(27)22-17-8-10-21-26(17)15-6-4-5-7-15/h3,8-10,12,15H,1,4-7,11,13H2,2H3,(H,22,27). The first kappa shape index (κ1) is 19.5. The molecule has 29 heavy (non-hydrogen) atoms. The van der Waals surface area contributed by atoms with Crippen LogP contribution in [-0.4, -0.2) is 36.2 Å². The second-order valence-corrected chi connectivity index (χ2v) is 7.97. The average molecular weight is 413 g/mol. The third-order valence-corrected chi connectivity index (χ3v) is 6.04. The summed E-state index contributed by atoms with van der Waals surface area (Å²) in [5.74, 6) is 2.37. The number of hydrogen-bond acceptors (Lipinski definition) is 6. The number of anilines is 1. The van der Waals surface area contributed by atoms with Crippen LogP contribution in [0.2, 0.25) is 0 Å². The quantitative estimate of drug-likeness (QED) is 0.443. The Kier molecular flexibility index (Phi) is 5.84. The van der Waals surface area contributed by atoms with Gasteiger partial charge < -0.3 is 9.73 Å². The predicted molar refractivity (Wildman–Crippen MR) is 112 cm³/mol. The van der Waals surface area contributed by atoms with E-state index in [4.69, 9.17) is 4.42 Å². The van der Waals surface area contributed by atoms with Gasteiger partial charge in [-0.1, -0.05) is 30.7 Å². The number of carbonyl (C=O) groups is 1. The number of hydrogen-bond donors (Lipinski definition) is 1. The van der Waals surface area contributed by atoms with E-state index in [2.05, 4.69) is 27.2 Å². The van der Waals surface area contributed by atoms with E-state index in [1.165, 1.54) is 24.6 Å². The number of thioether (sulfide) groups is 1. The fraction of sp³-hybridized carbons (Fsp3) is 0.400. The fourth-order valence-corrected chi connectivity index (χ4v) is 4.42. The molecule has 0 bridgehead atoms. The molecule has 0 aromatic carbocycles. The Balaban J connectivity index is 1.43. The van der Waals surface area contributed by atoms with Crippen molar-refractivity contribution in [3.05, 3.63) is 43.0 Å². The summed E-state index contributed by atoms with van der Waals surface area (Å²) in [6.07, 6.45) is 9.80. The van der Waals surface area contributed by atoms with Crippen LogP contribution in [-0.2, 0) is 11.3 Å². The number of furan rings is 1. The Bertz CT molecular complexity index is 998. The van der Waals surface area contributed by atoms with Crippen LogP contribution in [0.1, 0.15) is 37.5 Å². The van der Waals surface area contributed by atoms with Gasteiger partial charge in [0.05, 0.1) is 29.8 Å². The topological polar surface area (TPSA) is 90.8 Å². The lowest BCUT2D eigenvalue weighted by Gasteiger charge is -2.14. The summed E-state index contributed by atoms with van der Waals surface area (Å²) in [5, 5.41) is 16.6. The Hall–Kier alpha value is -2.81. The lowest BCUT2D eigenvalue weighted by Crippen LogP contribution is -2.19. The molecule has 0 radical (unpaired) electrons. The molecule has 152 valence electrons. The number of aryl methyl sites for hydroxylation is 1. The van der Waals surface area contributed by atoms with Crippen LogP contribution in [0.15, 0.2) is 46.8 Å². The third-order valence-electron chi connectivity index (χ3n) is 5.07. The van der Waals surface area contributed by atoms with Gasteiger partial charge in [0.25, 0.3) is 0 Å². The second-order valence-electron chi connectivity index (χ2n) is 7.03. The zero-order chi connectivity index (χ0) is 20.2. The minimum absolute atomic E-state index is 0.0936. The van der Waals surface area contributed by atoms with Crippen molar-refractivity contribution in [3.63, 3.8) is 0 Å². The van der Waals surface area contributed by atoms with E-state index in [1.807, 2.05) is 28.3 Å². The molecule has 3 heterocycles. The normalized spacial score (nSPS) is 14.4. The summed E-state index contributed by atoms with van der Waals surface area (Å²) in [6.45, 7) is 6.25. The van der Waals surface area contributed by atoms with E-state index < -0.39 is 0 Å². The molecule has 0 aliphatic heterocycles. The van der Waals surface area contributed by atoms with Crippen LogP contribution in [0.3, 0.4) is 0 Å². The number of nitrogens with one attached hydrogen (secondary N) is 1. The highest BCUT2D eigenvalue weighted by Crippen LogP contribution is 2.31. The van der Waals surface area contributed by atoms with Crippen LogP contribution in [0, 0.1) is 6.92 Å². The highest BCUT2D eigenvalue weighted by molar-refractivity contribution is 7.99. The van der Waals surface area contributed by atoms with Crippen LogP contribution in [0.4, 0.5) is 5.82 Å². The number of amides is 1. The first-order chi connectivity index (χ1) is 14.2. The largest absolute Gasteiger partial charge is 0.469 e. The number of aromatic nitrogens is 5. The molecule has 1 aliphatic carbocycles. The zero-order valence-corrected chi connectivity index (χ0v) is 17.2. The van der Waals surface area contributed by atoms with Crippen LogP contribution >= 0.6 is 11.8 Å². The summed E-state index contributed by atoms with van der Waals surface area (Å²) in [5.41, 5.74) is 0.885. The van der Waals surface area contributed by atoms with Gasteiger partial charge in [-0.15, -0.1) is 16.8 Å². The van der Waals surface area contributed by atoms with Gasteiger partial charge in [0, 0.05) is 12.6 Å². The summed E-state index contributed by atoms with van der Waals surface area (Å²) >= 11 is 1.35. The van der Waals surface area contributed by atoms with Gasteiger partial charge >= 0.3 is 0 Å². The van der Waals surface area contributed by atoms with Gasteiger partial charge in [-0.25, -0.2) is 4.68 Å². The molecular formula is C20H24N6O2S. The first-order valence-electron chi connectivity index (χ1n) is 9.72. The van der Waals surface area contributed by atoms with Crippen LogP contribution in [0.5, 0.6) is 0 Å². The maximum atomic E-state index is 12.5. The lowest BCUT2D eigenvalue weighted by atomic mass is 10.2. The summed E-state index contributed by atoms with van der Waals surface area (Å²) in [6, 6.07) is 4.09. The fourth-order valence-electron chi connectivity index (χ4n) is 3.67. The average Bonchev–Trinajstić information content (AvgIpc) is 3.48. The van der Waals surface area contributed by atoms with Crippen molar-refractivity contribution >= 4 is 23.5 Å². The Morgan fingerprint density at radius 2 is 2.21 bits per heavy atom. The number of allylic oxidation sites excluding steroid dienone is 1. The van der Waals surface area contributed by atoms with E-state index in [0.29, 0.717) is 23.6 Å². The van der Waals surface area contributed by atoms with E-state index in [-0.39, 0.29) is 11.7 Å². The van der Waals surface area contributed by atoms with Crippen molar-refractivity contribution in [2.45, 2.75) is 50.4 Å². The van der Waals surface area contributed by atoms with Crippen molar-refractivity contribution in [3.8, 4) is 11.4 Å². The highest BCUT2D eigenvalue weighted by atomic mass is 32.2. The first-order valence-corrected chi connectivity index (χ1v) is 10.7. The highest BCUT2D eigenvalue weighted by Gasteiger charge is 2.21. The molecule has 4 rings (SSSR count). The van der Waals surface area contributed by atoms with Crippen molar-refractivity contribution < 1.29 is 9.21 Å². The number of carbonyl (C=O) groups excluding carboxylic acids is 1. The SMILES string of the molecule is C=CCn1c(SCC(=O)Nc2ccnn2C2CCCC2)nnc1-c1ccoc1C. The molecule has 0 atom stereocenters. The number of nitrogens with zero attached hydrogens (tertiary/aromatic N) is 5. The maximum absolute atomic E-state index is 12.5. The summed E-state index contributed by atoms with van der Waals surface area (Å²) in [4.78, 5) is 12.5. The Morgan fingerprint density at radius 3 is 2.93 bits per heavy atom. The third kappa shape index (κ3) is 4.14. The monoisotopic (exact) mass is 412 g/mol. The zero-order valence-electron chi connectivity index (χ0n) is 16.4. The van der Waals surface area contributed by atoms with Crippen molar-refractivity contribution in [2.75, 3.05) is 11.1 Å². The minimum Gasteiger partial charge on any atom is -0.469 e. The molecule has 1 fully saturated rings. The molecule has 8 nitrogen and oxygen atoms in total. The lowest BCUT2D eigenvalue weighted by molar-refractivity contribution is -0.113. The van der Waals surface area contributed by atoms with E-state index in [9.17, 15) is 4.79 Å². The van der Waals surface area contributed by atoms with E-state index in [1.54, 1.807) is 18.5 Å². The van der Waals surface area contributed by atoms with Crippen molar-refractivity contribution in [1.29, 1.82) is 0 Å². The van der Waals surface area contributed by atoms with Crippen LogP contribution < -0.4 is 5.32 Å². The molecular weight excluding hydrogens is 388 g/mol. The molecule has 9 heteroatoms. The molecule has 0 unspecified atom stereocenters.